The fourth-order valence-electron chi connectivity index (χ4n) is 1.22. The summed E-state index contributed by atoms with van der Waals surface area (Å²) in [4.78, 5) is 15.7. The molecule has 0 saturated heterocycles. The Labute approximate surface area is 109 Å². The quantitative estimate of drug-likeness (QED) is 0.467. The van der Waals surface area contributed by atoms with Crippen molar-refractivity contribution < 1.29 is 9.53 Å². The Morgan fingerprint density at radius 1 is 1.56 bits per heavy atom. The van der Waals surface area contributed by atoms with Crippen molar-refractivity contribution in [1.82, 2.24) is 4.57 Å². The zero-order chi connectivity index (χ0) is 13.5. The molecule has 18 heavy (non-hydrogen) atoms. The lowest BCUT2D eigenvalue weighted by atomic mass is 10.3. The lowest BCUT2D eigenvalue weighted by molar-refractivity contribution is -0.135. The fourth-order valence-corrected chi connectivity index (χ4v) is 1.74. The van der Waals surface area contributed by atoms with E-state index in [0.29, 0.717) is 10.5 Å². The zero-order valence-corrected chi connectivity index (χ0v) is 11.2. The van der Waals surface area contributed by atoms with Gasteiger partial charge in [0.2, 0.25) is 0 Å². The van der Waals surface area contributed by atoms with Gasteiger partial charge in [-0.25, -0.2) is 9.79 Å². The van der Waals surface area contributed by atoms with Gasteiger partial charge >= 0.3 is 5.97 Å². The third-order valence-corrected chi connectivity index (χ3v) is 2.83. The first-order valence-electron chi connectivity index (χ1n) is 5.07. The summed E-state index contributed by atoms with van der Waals surface area (Å²) in [5.41, 5.74) is 0.562. The molecule has 0 aliphatic carbocycles. The van der Waals surface area contributed by atoms with E-state index in [1.54, 1.807) is 16.9 Å². The summed E-state index contributed by atoms with van der Waals surface area (Å²) in [5.74, 6) is -0.677. The minimum atomic E-state index is -0.677. The second-order valence-electron chi connectivity index (χ2n) is 3.27. The van der Waals surface area contributed by atoms with Gasteiger partial charge < -0.3 is 9.30 Å². The first kappa shape index (κ1) is 14.1. The van der Waals surface area contributed by atoms with Crippen LogP contribution in [0, 0.1) is 11.3 Å². The van der Waals surface area contributed by atoms with Gasteiger partial charge in [0.25, 0.3) is 0 Å². The van der Waals surface area contributed by atoms with Crippen molar-refractivity contribution >= 4 is 17.7 Å². The monoisotopic (exact) mass is 263 g/mol. The molecule has 94 valence electrons. The van der Waals surface area contributed by atoms with E-state index in [1.807, 2.05) is 31.4 Å². The van der Waals surface area contributed by atoms with Crippen molar-refractivity contribution in [3.05, 3.63) is 40.5 Å². The Balaban J connectivity index is 3.41. The van der Waals surface area contributed by atoms with Crippen molar-refractivity contribution in [3.63, 3.8) is 0 Å². The number of nitriles is 1. The molecule has 0 aliphatic rings. The molecule has 0 radical (unpaired) electrons. The van der Waals surface area contributed by atoms with Gasteiger partial charge in [-0.1, -0.05) is 6.07 Å². The number of pyridine rings is 1. The molecule has 6 heteroatoms. The summed E-state index contributed by atoms with van der Waals surface area (Å²) >= 11 is 1.23. The maximum absolute atomic E-state index is 11.4. The molecule has 1 aromatic rings. The second-order valence-corrected chi connectivity index (χ2v) is 4.06. The molecule has 0 aromatic carbocycles. The van der Waals surface area contributed by atoms with Crippen LogP contribution in [0.4, 0.5) is 0 Å². The molecule has 5 nitrogen and oxygen atoms in total. The molecule has 1 rings (SSSR count). The van der Waals surface area contributed by atoms with Crippen LogP contribution in [0.15, 0.2) is 40.0 Å². The number of esters is 1. The molecule has 0 saturated carbocycles. The highest BCUT2D eigenvalue weighted by molar-refractivity contribution is 8.02. The van der Waals surface area contributed by atoms with Crippen molar-refractivity contribution in [3.8, 4) is 6.07 Å². The molecular formula is C12H13N3O2S. The first-order valence-corrected chi connectivity index (χ1v) is 6.29. The molecular weight excluding hydrogens is 250 g/mol. The van der Waals surface area contributed by atoms with Gasteiger partial charge in [0.1, 0.15) is 16.6 Å². The number of nitrogens with zero attached hydrogens (tertiary/aromatic N) is 3. The van der Waals surface area contributed by atoms with Crippen LogP contribution in [0.1, 0.15) is 0 Å². The molecule has 0 fully saturated rings. The van der Waals surface area contributed by atoms with Crippen LogP contribution in [-0.4, -0.2) is 23.9 Å². The van der Waals surface area contributed by atoms with E-state index >= 15 is 0 Å². The van der Waals surface area contributed by atoms with Crippen LogP contribution in [0.5, 0.6) is 0 Å². The molecule has 0 N–H and O–H groups in total. The highest BCUT2D eigenvalue weighted by Gasteiger charge is 2.14. The molecule has 0 atom stereocenters. The number of aromatic nitrogens is 1. The number of carbonyl (C=O) groups excluding carboxylic acids is 1. The van der Waals surface area contributed by atoms with E-state index < -0.39 is 5.97 Å². The van der Waals surface area contributed by atoms with Crippen LogP contribution in [0.2, 0.25) is 0 Å². The molecule has 0 unspecified atom stereocenters. The fraction of sp³-hybridized carbons (Fsp3) is 0.250. The molecule has 0 spiro atoms. The summed E-state index contributed by atoms with van der Waals surface area (Å²) in [7, 11) is 3.07. The standard InChI is InChI=1S/C12H13N3O2S/c1-15-7-5-4-6-10(15)14-11(18-3)9(8-13)12(16)17-2/h4-7H,1-3H3/b11-9-,14-10-. The largest absolute Gasteiger partial charge is 0.465 e. The number of aryl methyl sites for hydroxylation is 1. The van der Waals surface area contributed by atoms with Gasteiger partial charge in [-0.15, -0.1) is 11.8 Å². The van der Waals surface area contributed by atoms with E-state index in [1.165, 1.54) is 18.9 Å². The van der Waals surface area contributed by atoms with Crippen molar-refractivity contribution in [2.45, 2.75) is 0 Å². The number of methoxy groups -OCH3 is 1. The second kappa shape index (κ2) is 6.67. The van der Waals surface area contributed by atoms with Gasteiger partial charge in [0.15, 0.2) is 5.57 Å². The number of ether oxygens (including phenoxy) is 1. The average molecular weight is 263 g/mol. The smallest absolute Gasteiger partial charge is 0.351 e. The maximum atomic E-state index is 11.4. The highest BCUT2D eigenvalue weighted by atomic mass is 32.2. The van der Waals surface area contributed by atoms with Gasteiger partial charge in [-0.3, -0.25) is 0 Å². The Morgan fingerprint density at radius 2 is 2.28 bits per heavy atom. The predicted molar refractivity (Wildman–Crippen MR) is 69.1 cm³/mol. The molecule has 1 heterocycles. The van der Waals surface area contributed by atoms with Gasteiger partial charge in [0.05, 0.1) is 7.11 Å². The Kier molecular flexibility index (Phi) is 5.21. The van der Waals surface area contributed by atoms with Crippen LogP contribution < -0.4 is 5.49 Å². The van der Waals surface area contributed by atoms with E-state index in [9.17, 15) is 4.79 Å². The Bertz CT molecular complexity index is 581. The number of rotatable bonds is 3. The number of carbonyl (C=O) groups is 1. The SMILES string of the molecule is COC(=O)/C(C#N)=C(/N=c1/ccccn1C)SC. The predicted octanol–water partition coefficient (Wildman–Crippen LogP) is 1.20. The molecule has 1 aromatic heterocycles. The van der Waals surface area contributed by atoms with E-state index in [-0.39, 0.29) is 5.57 Å². The van der Waals surface area contributed by atoms with Crippen LogP contribution in [0.3, 0.4) is 0 Å². The number of thioether (sulfide) groups is 1. The first-order chi connectivity index (χ1) is 8.63. The summed E-state index contributed by atoms with van der Waals surface area (Å²) in [6.07, 6.45) is 3.59. The minimum absolute atomic E-state index is 0.0890. The lowest BCUT2D eigenvalue weighted by Crippen LogP contribution is -2.16. The van der Waals surface area contributed by atoms with E-state index in [4.69, 9.17) is 5.26 Å². The van der Waals surface area contributed by atoms with Crippen LogP contribution in [-0.2, 0) is 16.6 Å². The van der Waals surface area contributed by atoms with Gasteiger partial charge in [-0.2, -0.15) is 5.26 Å². The third kappa shape index (κ3) is 3.25. The lowest BCUT2D eigenvalue weighted by Gasteiger charge is -2.03. The van der Waals surface area contributed by atoms with Gasteiger partial charge in [-0.05, 0) is 18.4 Å². The number of hydrogen-bond acceptors (Lipinski definition) is 5. The Morgan fingerprint density at radius 3 is 2.78 bits per heavy atom. The number of hydrogen-bond donors (Lipinski definition) is 0. The normalized spacial score (nSPS) is 12.7. The minimum Gasteiger partial charge on any atom is -0.465 e. The summed E-state index contributed by atoms with van der Waals surface area (Å²) in [6.45, 7) is 0. The molecule has 0 amide bonds. The topological polar surface area (TPSA) is 67.4 Å². The highest BCUT2D eigenvalue weighted by Crippen LogP contribution is 2.18. The summed E-state index contributed by atoms with van der Waals surface area (Å²) in [6, 6.07) is 7.32. The Hall–Kier alpha value is -2.00. The molecule has 0 aliphatic heterocycles. The van der Waals surface area contributed by atoms with Crippen molar-refractivity contribution in [2.75, 3.05) is 13.4 Å². The molecule has 0 bridgehead atoms. The van der Waals surface area contributed by atoms with E-state index in [0.717, 1.165) is 0 Å². The van der Waals surface area contributed by atoms with Gasteiger partial charge in [0, 0.05) is 13.2 Å². The summed E-state index contributed by atoms with van der Waals surface area (Å²) < 4.78 is 6.35. The van der Waals surface area contributed by atoms with E-state index in [2.05, 4.69) is 9.73 Å². The zero-order valence-electron chi connectivity index (χ0n) is 10.4. The van der Waals surface area contributed by atoms with Crippen molar-refractivity contribution in [2.24, 2.45) is 12.0 Å². The van der Waals surface area contributed by atoms with Crippen LogP contribution >= 0.6 is 11.8 Å². The summed E-state index contributed by atoms with van der Waals surface area (Å²) in [5, 5.41) is 9.33. The average Bonchev–Trinajstić information content (AvgIpc) is 2.40. The third-order valence-electron chi connectivity index (χ3n) is 2.15. The van der Waals surface area contributed by atoms with Crippen molar-refractivity contribution in [1.29, 1.82) is 5.26 Å². The maximum Gasteiger partial charge on any atom is 0.351 e. The van der Waals surface area contributed by atoms with Crippen LogP contribution in [0.25, 0.3) is 0 Å².